The van der Waals surface area contributed by atoms with Crippen molar-refractivity contribution in [1.29, 1.82) is 0 Å². The molecule has 0 aromatic heterocycles. The third-order valence-electron chi connectivity index (χ3n) is 2.81. The fourth-order valence-corrected chi connectivity index (χ4v) is 1.82. The number of hydrogen-bond acceptors (Lipinski definition) is 2. The molecule has 3 heteroatoms. The lowest BCUT2D eigenvalue weighted by Gasteiger charge is -2.21. The molecule has 3 nitrogen and oxygen atoms in total. The first-order valence-electron chi connectivity index (χ1n) is 5.47. The summed E-state index contributed by atoms with van der Waals surface area (Å²) >= 11 is 0. The van der Waals surface area contributed by atoms with Crippen molar-refractivity contribution in [3.63, 3.8) is 0 Å². The first-order valence-corrected chi connectivity index (χ1v) is 5.47. The summed E-state index contributed by atoms with van der Waals surface area (Å²) in [7, 11) is 0. The summed E-state index contributed by atoms with van der Waals surface area (Å²) in [5.41, 5.74) is 0. The molecule has 1 aliphatic carbocycles. The van der Waals surface area contributed by atoms with Gasteiger partial charge < -0.3 is 10.1 Å². The van der Waals surface area contributed by atoms with E-state index in [-0.39, 0.29) is 17.7 Å². The van der Waals surface area contributed by atoms with E-state index in [1.807, 2.05) is 6.92 Å². The van der Waals surface area contributed by atoms with Crippen molar-refractivity contribution in [3.8, 4) is 0 Å². The molecule has 0 spiro atoms. The molecular weight excluding hydrogens is 178 g/mol. The van der Waals surface area contributed by atoms with Gasteiger partial charge in [-0.3, -0.25) is 4.79 Å². The van der Waals surface area contributed by atoms with E-state index in [9.17, 15) is 9.59 Å². The van der Waals surface area contributed by atoms with Crippen molar-refractivity contribution in [1.82, 2.24) is 5.32 Å². The van der Waals surface area contributed by atoms with Gasteiger partial charge in [-0.15, -0.1) is 0 Å². The fourth-order valence-electron chi connectivity index (χ4n) is 1.82. The number of aldehydes is 1. The van der Waals surface area contributed by atoms with E-state index in [2.05, 4.69) is 5.32 Å². The SMILES string of the molecule is C[C@H](C=O)CNC(=O)C1CCCCC1. The predicted molar refractivity (Wildman–Crippen MR) is 54.8 cm³/mol. The highest BCUT2D eigenvalue weighted by atomic mass is 16.2. The van der Waals surface area contributed by atoms with Crippen LogP contribution in [0.3, 0.4) is 0 Å². The molecule has 0 unspecified atom stereocenters. The van der Waals surface area contributed by atoms with Crippen LogP contribution in [0.25, 0.3) is 0 Å². The monoisotopic (exact) mass is 197 g/mol. The molecular formula is C11H19NO2. The Morgan fingerprint density at radius 2 is 2.07 bits per heavy atom. The largest absolute Gasteiger partial charge is 0.355 e. The van der Waals surface area contributed by atoms with Gasteiger partial charge in [0.2, 0.25) is 5.91 Å². The average Bonchev–Trinajstić information content (AvgIpc) is 2.26. The minimum absolute atomic E-state index is 0.0671. The quantitative estimate of drug-likeness (QED) is 0.694. The third-order valence-corrected chi connectivity index (χ3v) is 2.81. The predicted octanol–water partition coefficient (Wildman–Crippen LogP) is 1.52. The Morgan fingerprint density at radius 1 is 1.43 bits per heavy atom. The molecule has 0 aromatic rings. The van der Waals surface area contributed by atoms with Crippen LogP contribution in [0.2, 0.25) is 0 Å². The molecule has 1 fully saturated rings. The van der Waals surface area contributed by atoms with Crippen molar-refractivity contribution in [2.24, 2.45) is 11.8 Å². The van der Waals surface area contributed by atoms with E-state index in [0.29, 0.717) is 6.54 Å². The van der Waals surface area contributed by atoms with Crippen molar-refractivity contribution in [3.05, 3.63) is 0 Å². The van der Waals surface area contributed by atoms with Crippen LogP contribution in [0.15, 0.2) is 0 Å². The topological polar surface area (TPSA) is 46.2 Å². The summed E-state index contributed by atoms with van der Waals surface area (Å²) in [4.78, 5) is 21.9. The van der Waals surface area contributed by atoms with Crippen LogP contribution >= 0.6 is 0 Å². The van der Waals surface area contributed by atoms with E-state index in [4.69, 9.17) is 0 Å². The first kappa shape index (κ1) is 11.2. The molecule has 14 heavy (non-hydrogen) atoms. The van der Waals surface area contributed by atoms with Gasteiger partial charge in [0.05, 0.1) is 0 Å². The molecule has 0 heterocycles. The summed E-state index contributed by atoms with van der Waals surface area (Å²) < 4.78 is 0. The van der Waals surface area contributed by atoms with Gasteiger partial charge in [0.1, 0.15) is 6.29 Å². The maximum atomic E-state index is 11.6. The summed E-state index contributed by atoms with van der Waals surface area (Å²) in [5, 5.41) is 2.83. The van der Waals surface area contributed by atoms with Crippen LogP contribution in [-0.4, -0.2) is 18.7 Å². The number of amides is 1. The zero-order valence-electron chi connectivity index (χ0n) is 8.79. The van der Waals surface area contributed by atoms with Crippen LogP contribution in [0.4, 0.5) is 0 Å². The minimum Gasteiger partial charge on any atom is -0.355 e. The van der Waals surface area contributed by atoms with E-state index < -0.39 is 0 Å². The summed E-state index contributed by atoms with van der Waals surface area (Å²) in [6.45, 7) is 2.30. The van der Waals surface area contributed by atoms with E-state index in [1.165, 1.54) is 19.3 Å². The third kappa shape index (κ3) is 3.48. The van der Waals surface area contributed by atoms with Gasteiger partial charge in [0, 0.05) is 18.4 Å². The summed E-state index contributed by atoms with van der Waals surface area (Å²) in [5.74, 6) is 0.267. The van der Waals surface area contributed by atoms with Crippen molar-refractivity contribution < 1.29 is 9.59 Å². The molecule has 1 N–H and O–H groups in total. The Kier molecular flexibility index (Phi) is 4.63. The zero-order valence-corrected chi connectivity index (χ0v) is 8.79. The first-order chi connectivity index (χ1) is 6.74. The second kappa shape index (κ2) is 5.78. The van der Waals surface area contributed by atoms with E-state index >= 15 is 0 Å². The standard InChI is InChI=1S/C11H19NO2/c1-9(8-13)7-12-11(14)10-5-3-2-4-6-10/h8-10H,2-7H2,1H3,(H,12,14)/t9-/m0/s1. The fraction of sp³-hybridized carbons (Fsp3) is 0.818. The number of carbonyl (C=O) groups excluding carboxylic acids is 2. The van der Waals surface area contributed by atoms with Crippen LogP contribution in [0.1, 0.15) is 39.0 Å². The Bertz CT molecular complexity index is 197. The molecule has 0 saturated heterocycles. The molecule has 80 valence electrons. The maximum Gasteiger partial charge on any atom is 0.223 e. The van der Waals surface area contributed by atoms with Gasteiger partial charge in [-0.2, -0.15) is 0 Å². The maximum absolute atomic E-state index is 11.6. The highest BCUT2D eigenvalue weighted by Gasteiger charge is 2.20. The molecule has 1 amide bonds. The zero-order chi connectivity index (χ0) is 10.4. The second-order valence-electron chi connectivity index (χ2n) is 4.19. The van der Waals surface area contributed by atoms with Gasteiger partial charge in [0.25, 0.3) is 0 Å². The summed E-state index contributed by atoms with van der Waals surface area (Å²) in [6.07, 6.45) is 6.50. The summed E-state index contributed by atoms with van der Waals surface area (Å²) in [6, 6.07) is 0. The van der Waals surface area contributed by atoms with Crippen molar-refractivity contribution in [2.75, 3.05) is 6.54 Å². The Hall–Kier alpha value is -0.860. The van der Waals surface area contributed by atoms with Crippen LogP contribution < -0.4 is 5.32 Å². The number of carbonyl (C=O) groups is 2. The molecule has 1 rings (SSSR count). The Labute approximate surface area is 85.3 Å². The molecule has 0 aliphatic heterocycles. The normalized spacial score (nSPS) is 20.1. The van der Waals surface area contributed by atoms with Crippen LogP contribution in [0.5, 0.6) is 0 Å². The lowest BCUT2D eigenvalue weighted by molar-refractivity contribution is -0.126. The average molecular weight is 197 g/mol. The molecule has 1 aliphatic rings. The molecule has 1 atom stereocenters. The Morgan fingerprint density at radius 3 is 2.64 bits per heavy atom. The smallest absolute Gasteiger partial charge is 0.223 e. The molecule has 0 bridgehead atoms. The van der Waals surface area contributed by atoms with E-state index in [1.54, 1.807) is 0 Å². The Balaban J connectivity index is 2.22. The van der Waals surface area contributed by atoms with Gasteiger partial charge >= 0.3 is 0 Å². The minimum atomic E-state index is -0.0671. The van der Waals surface area contributed by atoms with Crippen molar-refractivity contribution in [2.45, 2.75) is 39.0 Å². The number of nitrogens with one attached hydrogen (secondary N) is 1. The molecule has 0 aromatic carbocycles. The highest BCUT2D eigenvalue weighted by Crippen LogP contribution is 2.23. The number of rotatable bonds is 4. The van der Waals surface area contributed by atoms with Crippen LogP contribution in [-0.2, 0) is 9.59 Å². The van der Waals surface area contributed by atoms with Gasteiger partial charge in [-0.1, -0.05) is 26.2 Å². The highest BCUT2D eigenvalue weighted by molar-refractivity contribution is 5.78. The molecule has 1 saturated carbocycles. The lowest BCUT2D eigenvalue weighted by Crippen LogP contribution is -2.35. The second-order valence-corrected chi connectivity index (χ2v) is 4.19. The van der Waals surface area contributed by atoms with Crippen molar-refractivity contribution >= 4 is 12.2 Å². The lowest BCUT2D eigenvalue weighted by atomic mass is 9.88. The van der Waals surface area contributed by atoms with Crippen LogP contribution in [0, 0.1) is 11.8 Å². The number of hydrogen-bond donors (Lipinski definition) is 1. The van der Waals surface area contributed by atoms with Gasteiger partial charge in [0.15, 0.2) is 0 Å². The van der Waals surface area contributed by atoms with Gasteiger partial charge in [-0.25, -0.2) is 0 Å². The van der Waals surface area contributed by atoms with E-state index in [0.717, 1.165) is 19.1 Å². The van der Waals surface area contributed by atoms with Gasteiger partial charge in [-0.05, 0) is 12.8 Å². The molecule has 0 radical (unpaired) electrons.